The van der Waals surface area contributed by atoms with Crippen LogP contribution in [0.3, 0.4) is 0 Å². The molecular weight excluding hydrogens is 358 g/mol. The highest BCUT2D eigenvalue weighted by molar-refractivity contribution is 6.33. The van der Waals surface area contributed by atoms with Crippen LogP contribution in [-0.2, 0) is 19.1 Å². The molecule has 0 aromatic heterocycles. The second kappa shape index (κ2) is 7.63. The van der Waals surface area contributed by atoms with Gasteiger partial charge in [0.25, 0.3) is 0 Å². The van der Waals surface area contributed by atoms with Gasteiger partial charge in [-0.15, -0.1) is 0 Å². The number of hydrogen-bond donors (Lipinski definition) is 0. The maximum Gasteiger partial charge on any atom is 0.248 e. The molecule has 2 saturated heterocycles. The molecule has 2 aliphatic rings. The summed E-state index contributed by atoms with van der Waals surface area (Å²) in [5, 5.41) is 0.497. The number of benzene rings is 1. The molecule has 7 nitrogen and oxygen atoms in total. The lowest BCUT2D eigenvalue weighted by molar-refractivity contribution is -0.153. The predicted molar refractivity (Wildman–Crippen MR) is 96.9 cm³/mol. The van der Waals surface area contributed by atoms with Crippen molar-refractivity contribution in [2.24, 2.45) is 5.92 Å². The molecule has 1 aromatic carbocycles. The van der Waals surface area contributed by atoms with E-state index in [2.05, 4.69) is 0 Å². The van der Waals surface area contributed by atoms with Gasteiger partial charge in [-0.05, 0) is 12.1 Å². The van der Waals surface area contributed by atoms with Gasteiger partial charge >= 0.3 is 0 Å². The van der Waals surface area contributed by atoms with Gasteiger partial charge in [-0.25, -0.2) is 0 Å². The van der Waals surface area contributed by atoms with Crippen LogP contribution in [0.15, 0.2) is 24.3 Å². The molecule has 0 spiro atoms. The van der Waals surface area contributed by atoms with Gasteiger partial charge in [0.1, 0.15) is 6.61 Å². The van der Waals surface area contributed by atoms with Crippen LogP contribution in [0.1, 0.15) is 6.42 Å². The molecule has 140 valence electrons. The van der Waals surface area contributed by atoms with Gasteiger partial charge in [0, 0.05) is 40.2 Å². The van der Waals surface area contributed by atoms with E-state index in [0.29, 0.717) is 30.3 Å². The first-order chi connectivity index (χ1) is 12.4. The van der Waals surface area contributed by atoms with E-state index in [-0.39, 0.29) is 42.8 Å². The third-order valence-corrected chi connectivity index (χ3v) is 5.04. The highest BCUT2D eigenvalue weighted by Gasteiger charge is 2.41. The molecule has 0 N–H and O–H groups in total. The summed E-state index contributed by atoms with van der Waals surface area (Å²) in [7, 11) is 3.34. The van der Waals surface area contributed by atoms with Crippen LogP contribution < -0.4 is 4.90 Å². The molecule has 0 radical (unpaired) electrons. The Morgan fingerprint density at radius 1 is 1.23 bits per heavy atom. The summed E-state index contributed by atoms with van der Waals surface area (Å²) in [4.78, 5) is 41.2. The zero-order chi connectivity index (χ0) is 18.8. The molecule has 2 aliphatic heterocycles. The lowest BCUT2D eigenvalue weighted by atomic mass is 10.0. The van der Waals surface area contributed by atoms with Crippen LogP contribution in [0.2, 0.25) is 5.02 Å². The molecule has 2 fully saturated rings. The minimum Gasteiger partial charge on any atom is -0.365 e. The first kappa shape index (κ1) is 18.7. The van der Waals surface area contributed by atoms with Crippen molar-refractivity contribution in [1.29, 1.82) is 0 Å². The van der Waals surface area contributed by atoms with Crippen molar-refractivity contribution in [2.45, 2.75) is 12.5 Å². The zero-order valence-corrected chi connectivity index (χ0v) is 15.6. The average molecular weight is 380 g/mol. The summed E-state index contributed by atoms with van der Waals surface area (Å²) in [6, 6.07) is 7.13. The lowest BCUT2D eigenvalue weighted by Crippen LogP contribution is -2.57. The first-order valence-electron chi connectivity index (χ1n) is 8.52. The highest BCUT2D eigenvalue weighted by Crippen LogP contribution is 2.32. The quantitative estimate of drug-likeness (QED) is 0.765. The molecule has 8 heteroatoms. The van der Waals surface area contributed by atoms with Gasteiger partial charge in [0.2, 0.25) is 17.7 Å². The van der Waals surface area contributed by atoms with E-state index in [1.165, 1.54) is 4.90 Å². The monoisotopic (exact) mass is 379 g/mol. The van der Waals surface area contributed by atoms with E-state index < -0.39 is 0 Å². The van der Waals surface area contributed by atoms with Crippen molar-refractivity contribution in [2.75, 3.05) is 45.2 Å². The number of nitrogens with zero attached hydrogens (tertiary/aromatic N) is 3. The van der Waals surface area contributed by atoms with Crippen molar-refractivity contribution in [3.63, 3.8) is 0 Å². The molecule has 3 rings (SSSR count). The number of para-hydroxylation sites is 1. The number of halogens is 1. The molecule has 26 heavy (non-hydrogen) atoms. The number of amides is 3. The number of ether oxygens (including phenoxy) is 1. The largest absolute Gasteiger partial charge is 0.365 e. The van der Waals surface area contributed by atoms with E-state index in [1.807, 2.05) is 6.07 Å². The van der Waals surface area contributed by atoms with Crippen LogP contribution in [0.4, 0.5) is 5.69 Å². The van der Waals surface area contributed by atoms with E-state index in [1.54, 1.807) is 42.1 Å². The third kappa shape index (κ3) is 3.83. The van der Waals surface area contributed by atoms with Crippen LogP contribution in [0.25, 0.3) is 0 Å². The van der Waals surface area contributed by atoms with Crippen LogP contribution in [-0.4, -0.2) is 74.0 Å². The Kier molecular flexibility index (Phi) is 5.48. The van der Waals surface area contributed by atoms with Gasteiger partial charge in [0.15, 0.2) is 0 Å². The number of anilines is 1. The fourth-order valence-electron chi connectivity index (χ4n) is 3.08. The van der Waals surface area contributed by atoms with Crippen LogP contribution >= 0.6 is 11.6 Å². The SMILES string of the molecule is CN(C)C(=O)COC1CN(C(=O)[C@@H]2CC(=O)N(c3ccccc3Cl)C2)C1. The Hall–Kier alpha value is -2.12. The van der Waals surface area contributed by atoms with Gasteiger partial charge in [-0.3, -0.25) is 14.4 Å². The van der Waals surface area contributed by atoms with Crippen LogP contribution in [0, 0.1) is 5.92 Å². The molecule has 0 aliphatic carbocycles. The summed E-state index contributed by atoms with van der Waals surface area (Å²) in [6.07, 6.45) is 0.0604. The number of carbonyl (C=O) groups is 3. The summed E-state index contributed by atoms with van der Waals surface area (Å²) in [5.41, 5.74) is 0.640. The number of likely N-dealkylation sites (tertiary alicyclic amines) is 1. The summed E-state index contributed by atoms with van der Waals surface area (Å²) >= 11 is 6.16. The molecule has 0 saturated carbocycles. The smallest absolute Gasteiger partial charge is 0.248 e. The molecule has 3 amide bonds. The van der Waals surface area contributed by atoms with Gasteiger partial charge in [0.05, 0.1) is 22.7 Å². The zero-order valence-electron chi connectivity index (χ0n) is 14.9. The Morgan fingerprint density at radius 2 is 1.92 bits per heavy atom. The summed E-state index contributed by atoms with van der Waals surface area (Å²) in [6.45, 7) is 1.26. The number of likely N-dealkylation sites (N-methyl/N-ethyl adjacent to an activating group) is 1. The predicted octanol–water partition coefficient (Wildman–Crippen LogP) is 1.01. The minimum absolute atomic E-state index is 0.0158. The van der Waals surface area contributed by atoms with Crippen LogP contribution in [0.5, 0.6) is 0 Å². The fraction of sp³-hybridized carbons (Fsp3) is 0.500. The summed E-state index contributed by atoms with van der Waals surface area (Å²) < 4.78 is 5.49. The van der Waals surface area contributed by atoms with Crippen molar-refractivity contribution in [3.8, 4) is 0 Å². The van der Waals surface area contributed by atoms with E-state index >= 15 is 0 Å². The van der Waals surface area contributed by atoms with Crippen molar-refractivity contribution < 1.29 is 19.1 Å². The molecule has 0 unspecified atom stereocenters. The molecule has 1 atom stereocenters. The molecule has 2 heterocycles. The topological polar surface area (TPSA) is 70.2 Å². The van der Waals surface area contributed by atoms with Crippen molar-refractivity contribution in [1.82, 2.24) is 9.80 Å². The lowest BCUT2D eigenvalue weighted by Gasteiger charge is -2.40. The molecular formula is C18H22ClN3O4. The van der Waals surface area contributed by atoms with Crippen molar-refractivity contribution >= 4 is 35.0 Å². The van der Waals surface area contributed by atoms with Crippen molar-refractivity contribution in [3.05, 3.63) is 29.3 Å². The van der Waals surface area contributed by atoms with Gasteiger partial charge in [-0.1, -0.05) is 23.7 Å². The maximum absolute atomic E-state index is 12.6. The molecule has 0 bridgehead atoms. The van der Waals surface area contributed by atoms with E-state index in [0.717, 1.165) is 0 Å². The highest BCUT2D eigenvalue weighted by atomic mass is 35.5. The van der Waals surface area contributed by atoms with Gasteiger partial charge in [-0.2, -0.15) is 0 Å². The Morgan fingerprint density at radius 3 is 2.58 bits per heavy atom. The second-order valence-electron chi connectivity index (χ2n) is 6.82. The normalized spacial score (nSPS) is 20.3. The number of hydrogen-bond acceptors (Lipinski definition) is 4. The summed E-state index contributed by atoms with van der Waals surface area (Å²) in [5.74, 6) is -0.622. The first-order valence-corrected chi connectivity index (χ1v) is 8.90. The standard InChI is InChI=1S/C18H22ClN3O4/c1-20(2)17(24)11-26-13-9-21(10-13)18(25)12-7-16(23)22(8-12)15-6-4-3-5-14(15)19/h3-6,12-13H,7-11H2,1-2H3/t12-/m1/s1. The fourth-order valence-corrected chi connectivity index (χ4v) is 3.31. The number of carbonyl (C=O) groups excluding carboxylic acids is 3. The Balaban J connectivity index is 1.51. The maximum atomic E-state index is 12.6. The second-order valence-corrected chi connectivity index (χ2v) is 7.23. The van der Waals surface area contributed by atoms with E-state index in [9.17, 15) is 14.4 Å². The average Bonchev–Trinajstić information content (AvgIpc) is 2.95. The molecule has 1 aromatic rings. The van der Waals surface area contributed by atoms with Gasteiger partial charge < -0.3 is 19.4 Å². The third-order valence-electron chi connectivity index (χ3n) is 4.72. The number of rotatable bonds is 5. The van der Waals surface area contributed by atoms with E-state index in [4.69, 9.17) is 16.3 Å². The Labute approximate surface area is 157 Å². The minimum atomic E-state index is -0.372. The Bertz CT molecular complexity index is 718.